The average molecular weight is 431 g/mol. The molecule has 2 aromatic heterocycles. The number of hydrogen-bond acceptors (Lipinski definition) is 4. The van der Waals surface area contributed by atoms with Crippen LogP contribution in [-0.4, -0.2) is 36.3 Å². The van der Waals surface area contributed by atoms with E-state index in [-0.39, 0.29) is 11.9 Å². The van der Waals surface area contributed by atoms with Gasteiger partial charge in [0, 0.05) is 55.1 Å². The van der Waals surface area contributed by atoms with Gasteiger partial charge in [-0.05, 0) is 35.4 Å². The molecular formula is C25H26N4O3. The zero-order valence-electron chi connectivity index (χ0n) is 18.3. The zero-order chi connectivity index (χ0) is 22.5. The highest BCUT2D eigenvalue weighted by molar-refractivity contribution is 5.91. The molecule has 0 radical (unpaired) electrons. The third-order valence-corrected chi connectivity index (χ3v) is 5.51. The lowest BCUT2D eigenvalue weighted by Gasteiger charge is -2.19. The van der Waals surface area contributed by atoms with Crippen LogP contribution >= 0.6 is 0 Å². The van der Waals surface area contributed by atoms with E-state index in [0.717, 1.165) is 22.0 Å². The van der Waals surface area contributed by atoms with E-state index in [2.05, 4.69) is 38.5 Å². The van der Waals surface area contributed by atoms with Crippen LogP contribution in [0.1, 0.15) is 17.0 Å². The second-order valence-corrected chi connectivity index (χ2v) is 7.45. The molecule has 2 N–H and O–H groups in total. The van der Waals surface area contributed by atoms with Gasteiger partial charge in [0.25, 0.3) is 0 Å². The molecule has 2 aromatic carbocycles. The SMILES string of the molecule is COc1ccc(OC)c(NC(=O)NC[C@@H](c2cccnc2)c2cn(C)c3ccccc23)c1. The van der Waals surface area contributed by atoms with Gasteiger partial charge in [0.05, 0.1) is 19.9 Å². The summed E-state index contributed by atoms with van der Waals surface area (Å²) < 4.78 is 12.7. The number of fused-ring (bicyclic) bond motifs is 1. The first kappa shape index (κ1) is 21.2. The highest BCUT2D eigenvalue weighted by atomic mass is 16.5. The summed E-state index contributed by atoms with van der Waals surface area (Å²) in [4.78, 5) is 17.1. The van der Waals surface area contributed by atoms with Gasteiger partial charge in [-0.1, -0.05) is 24.3 Å². The summed E-state index contributed by atoms with van der Waals surface area (Å²) >= 11 is 0. The van der Waals surface area contributed by atoms with Crippen LogP contribution in [0.2, 0.25) is 0 Å². The van der Waals surface area contributed by atoms with E-state index in [0.29, 0.717) is 23.7 Å². The number of pyridine rings is 1. The van der Waals surface area contributed by atoms with Crippen LogP contribution in [0.3, 0.4) is 0 Å². The summed E-state index contributed by atoms with van der Waals surface area (Å²) in [7, 11) is 5.17. The molecule has 0 saturated carbocycles. The number of amides is 2. The Labute approximate surface area is 187 Å². The molecule has 7 heteroatoms. The summed E-state index contributed by atoms with van der Waals surface area (Å²) in [5, 5.41) is 7.02. The van der Waals surface area contributed by atoms with Crippen molar-refractivity contribution in [3.05, 3.63) is 84.3 Å². The van der Waals surface area contributed by atoms with Gasteiger partial charge < -0.3 is 24.7 Å². The second kappa shape index (κ2) is 9.43. The molecule has 0 aliphatic heterocycles. The quantitative estimate of drug-likeness (QED) is 0.451. The maximum Gasteiger partial charge on any atom is 0.319 e. The van der Waals surface area contributed by atoms with Gasteiger partial charge in [-0.2, -0.15) is 0 Å². The lowest BCUT2D eigenvalue weighted by molar-refractivity contribution is 0.251. The van der Waals surface area contributed by atoms with Crippen molar-refractivity contribution >= 4 is 22.6 Å². The summed E-state index contributed by atoms with van der Waals surface area (Å²) in [6, 6.07) is 17.1. The number of methoxy groups -OCH3 is 2. The van der Waals surface area contributed by atoms with Crippen molar-refractivity contribution < 1.29 is 14.3 Å². The molecule has 164 valence electrons. The molecule has 4 aromatic rings. The number of urea groups is 1. The number of hydrogen-bond donors (Lipinski definition) is 2. The molecule has 0 aliphatic carbocycles. The maximum atomic E-state index is 12.8. The fourth-order valence-electron chi connectivity index (χ4n) is 3.91. The van der Waals surface area contributed by atoms with E-state index >= 15 is 0 Å². The highest BCUT2D eigenvalue weighted by Crippen LogP contribution is 2.32. The number of anilines is 1. The van der Waals surface area contributed by atoms with Crippen LogP contribution in [0.5, 0.6) is 11.5 Å². The van der Waals surface area contributed by atoms with Crippen molar-refractivity contribution in [1.82, 2.24) is 14.9 Å². The highest BCUT2D eigenvalue weighted by Gasteiger charge is 2.20. The summed E-state index contributed by atoms with van der Waals surface area (Å²) in [6.45, 7) is 0.401. The molecule has 0 saturated heterocycles. The Morgan fingerprint density at radius 3 is 2.69 bits per heavy atom. The van der Waals surface area contributed by atoms with Crippen LogP contribution in [0.15, 0.2) is 73.2 Å². The normalized spacial score (nSPS) is 11.7. The predicted octanol–water partition coefficient (Wildman–Crippen LogP) is 4.54. The third kappa shape index (κ3) is 4.37. The smallest absolute Gasteiger partial charge is 0.319 e. The lowest BCUT2D eigenvalue weighted by Crippen LogP contribution is -2.32. The Morgan fingerprint density at radius 1 is 1.09 bits per heavy atom. The summed E-state index contributed by atoms with van der Waals surface area (Å²) in [5.41, 5.74) is 3.84. The van der Waals surface area contributed by atoms with Crippen molar-refractivity contribution in [2.45, 2.75) is 5.92 Å². The number of carbonyl (C=O) groups excluding carboxylic acids is 1. The molecule has 0 fully saturated rings. The number of rotatable bonds is 7. The first-order chi connectivity index (χ1) is 15.6. The molecule has 0 unspecified atom stereocenters. The van der Waals surface area contributed by atoms with E-state index in [1.54, 1.807) is 38.6 Å². The van der Waals surface area contributed by atoms with E-state index < -0.39 is 0 Å². The van der Waals surface area contributed by atoms with Crippen molar-refractivity contribution in [3.8, 4) is 11.5 Å². The van der Waals surface area contributed by atoms with Crippen LogP contribution in [-0.2, 0) is 7.05 Å². The Bertz CT molecular complexity index is 1220. The Balaban J connectivity index is 1.59. The van der Waals surface area contributed by atoms with Gasteiger partial charge in [-0.15, -0.1) is 0 Å². The Hall–Kier alpha value is -4.00. The van der Waals surface area contributed by atoms with Gasteiger partial charge in [0.1, 0.15) is 11.5 Å². The number of ether oxygens (including phenoxy) is 2. The predicted molar refractivity (Wildman–Crippen MR) is 126 cm³/mol. The molecule has 0 aliphatic rings. The van der Waals surface area contributed by atoms with Gasteiger partial charge >= 0.3 is 6.03 Å². The van der Waals surface area contributed by atoms with Gasteiger partial charge in [-0.3, -0.25) is 4.98 Å². The maximum absolute atomic E-state index is 12.8. The zero-order valence-corrected chi connectivity index (χ0v) is 18.3. The van der Waals surface area contributed by atoms with Gasteiger partial charge in [0.15, 0.2) is 0 Å². The Morgan fingerprint density at radius 2 is 1.94 bits per heavy atom. The van der Waals surface area contributed by atoms with Crippen molar-refractivity contribution in [1.29, 1.82) is 0 Å². The fraction of sp³-hybridized carbons (Fsp3) is 0.200. The number of para-hydroxylation sites is 1. The molecule has 0 bridgehead atoms. The van der Waals surface area contributed by atoms with Crippen molar-refractivity contribution in [2.24, 2.45) is 7.05 Å². The second-order valence-electron chi connectivity index (χ2n) is 7.45. The van der Waals surface area contributed by atoms with Crippen LogP contribution in [0.4, 0.5) is 10.5 Å². The topological polar surface area (TPSA) is 77.4 Å². The third-order valence-electron chi connectivity index (χ3n) is 5.51. The number of aromatic nitrogens is 2. The molecule has 1 atom stereocenters. The summed E-state index contributed by atoms with van der Waals surface area (Å²) in [5.74, 6) is 1.12. The minimum atomic E-state index is -0.328. The first-order valence-corrected chi connectivity index (χ1v) is 10.3. The van der Waals surface area contributed by atoms with E-state index in [1.807, 2.05) is 37.5 Å². The van der Waals surface area contributed by atoms with E-state index in [1.165, 1.54) is 0 Å². The fourth-order valence-corrected chi connectivity index (χ4v) is 3.91. The van der Waals surface area contributed by atoms with Crippen LogP contribution < -0.4 is 20.1 Å². The van der Waals surface area contributed by atoms with Crippen molar-refractivity contribution in [3.63, 3.8) is 0 Å². The molecule has 32 heavy (non-hydrogen) atoms. The standard InChI is InChI=1S/C25H26N4O3/c1-29-16-21(19-8-4-5-9-23(19)29)20(17-7-6-12-26-14-17)15-27-25(30)28-22-13-18(31-2)10-11-24(22)32-3/h4-14,16,20H,15H2,1-3H3,(H2,27,28,30)/t20-/m0/s1. The largest absolute Gasteiger partial charge is 0.497 e. The summed E-state index contributed by atoms with van der Waals surface area (Å²) in [6.07, 6.45) is 5.71. The number of benzene rings is 2. The molecule has 2 heterocycles. The number of aryl methyl sites for hydroxylation is 1. The molecular weight excluding hydrogens is 404 g/mol. The van der Waals surface area contributed by atoms with Gasteiger partial charge in [0.2, 0.25) is 0 Å². The monoisotopic (exact) mass is 430 g/mol. The van der Waals surface area contributed by atoms with Crippen molar-refractivity contribution in [2.75, 3.05) is 26.1 Å². The van der Waals surface area contributed by atoms with Crippen LogP contribution in [0.25, 0.3) is 10.9 Å². The van der Waals surface area contributed by atoms with E-state index in [4.69, 9.17) is 9.47 Å². The lowest BCUT2D eigenvalue weighted by atomic mass is 9.92. The minimum Gasteiger partial charge on any atom is -0.497 e. The van der Waals surface area contributed by atoms with E-state index in [9.17, 15) is 4.79 Å². The molecule has 4 rings (SSSR count). The first-order valence-electron chi connectivity index (χ1n) is 10.3. The van der Waals surface area contributed by atoms with Gasteiger partial charge in [-0.25, -0.2) is 4.79 Å². The molecule has 7 nitrogen and oxygen atoms in total. The number of nitrogens with one attached hydrogen (secondary N) is 2. The number of nitrogens with zero attached hydrogens (tertiary/aromatic N) is 2. The molecule has 2 amide bonds. The minimum absolute atomic E-state index is 0.0623. The molecule has 0 spiro atoms. The average Bonchev–Trinajstić information content (AvgIpc) is 3.16. The van der Waals surface area contributed by atoms with Crippen LogP contribution in [0, 0.1) is 0 Å². The number of carbonyl (C=O) groups is 1. The Kier molecular flexibility index (Phi) is 6.26.